The molecule has 0 aliphatic carbocycles. The van der Waals surface area contributed by atoms with Crippen molar-refractivity contribution < 1.29 is 0 Å². The van der Waals surface area contributed by atoms with E-state index in [0.29, 0.717) is 5.25 Å². The minimum Gasteiger partial charge on any atom is -0.337 e. The summed E-state index contributed by atoms with van der Waals surface area (Å²) in [7, 11) is 0. The monoisotopic (exact) mass is 288 g/mol. The van der Waals surface area contributed by atoms with Gasteiger partial charge in [-0.2, -0.15) is 23.5 Å². The number of H-pyrrole nitrogens is 1. The molecule has 2 rings (SSSR count). The summed E-state index contributed by atoms with van der Waals surface area (Å²) < 4.78 is 3.16. The Hall–Kier alpha value is 0.130. The second kappa shape index (κ2) is 5.41. The molecule has 1 atom stereocenters. The van der Waals surface area contributed by atoms with Crippen molar-refractivity contribution in [2.24, 2.45) is 0 Å². The molecule has 1 aromatic rings. The van der Waals surface area contributed by atoms with Crippen molar-refractivity contribution in [1.29, 1.82) is 0 Å². The predicted octanol–water partition coefficient (Wildman–Crippen LogP) is 3.69. The van der Waals surface area contributed by atoms with Crippen LogP contribution in [-0.2, 0) is 12.0 Å². The zero-order valence-corrected chi connectivity index (χ0v) is 13.1. The third kappa shape index (κ3) is 3.32. The van der Waals surface area contributed by atoms with Gasteiger partial charge in [-0.15, -0.1) is 0 Å². The Bertz CT molecular complexity index is 422. The van der Waals surface area contributed by atoms with Crippen LogP contribution in [0.2, 0.25) is 0 Å². The molecule has 1 aliphatic heterocycles. The highest BCUT2D eigenvalue weighted by Gasteiger charge is 2.22. The summed E-state index contributed by atoms with van der Waals surface area (Å²) >= 11 is 9.55. The molecular weight excluding hydrogens is 268 g/mol. The van der Waals surface area contributed by atoms with Gasteiger partial charge >= 0.3 is 0 Å². The molecule has 5 heteroatoms. The average molecular weight is 289 g/mol. The maximum Gasteiger partial charge on any atom is 0.177 e. The first-order valence-electron chi connectivity index (χ1n) is 5.96. The lowest BCUT2D eigenvalue weighted by Crippen LogP contribution is -2.25. The normalized spacial score (nSPS) is 21.7. The largest absolute Gasteiger partial charge is 0.337 e. The number of hydrogen-bond donors (Lipinski definition) is 1. The van der Waals surface area contributed by atoms with Crippen molar-refractivity contribution in [1.82, 2.24) is 9.55 Å². The number of rotatable bonds is 2. The molecule has 0 spiro atoms. The van der Waals surface area contributed by atoms with E-state index in [2.05, 4.69) is 60.0 Å². The molecule has 0 saturated carbocycles. The Morgan fingerprint density at radius 1 is 1.47 bits per heavy atom. The molecule has 1 unspecified atom stereocenters. The number of imidazole rings is 1. The van der Waals surface area contributed by atoms with E-state index in [4.69, 9.17) is 12.2 Å². The molecule has 17 heavy (non-hydrogen) atoms. The van der Waals surface area contributed by atoms with Crippen molar-refractivity contribution >= 4 is 35.7 Å². The van der Waals surface area contributed by atoms with E-state index in [1.807, 2.05) is 0 Å². The van der Waals surface area contributed by atoms with Gasteiger partial charge in [0.2, 0.25) is 0 Å². The Morgan fingerprint density at radius 2 is 2.24 bits per heavy atom. The van der Waals surface area contributed by atoms with Gasteiger partial charge in [-0.1, -0.05) is 20.8 Å². The van der Waals surface area contributed by atoms with Crippen LogP contribution in [0, 0.1) is 4.77 Å². The lowest BCUT2D eigenvalue weighted by atomic mass is 9.92. The molecular formula is C12H20N2S3. The van der Waals surface area contributed by atoms with Crippen LogP contribution in [0.3, 0.4) is 0 Å². The molecule has 1 aliphatic rings. The fraction of sp³-hybridized carbons (Fsp3) is 0.750. The summed E-state index contributed by atoms with van der Waals surface area (Å²) in [5.41, 5.74) is 1.47. The maximum atomic E-state index is 5.40. The second-order valence-corrected chi connectivity index (χ2v) is 8.35. The van der Waals surface area contributed by atoms with Gasteiger partial charge in [0, 0.05) is 46.4 Å². The van der Waals surface area contributed by atoms with Crippen LogP contribution in [0.25, 0.3) is 0 Å². The van der Waals surface area contributed by atoms with Gasteiger partial charge in [-0.25, -0.2) is 0 Å². The third-order valence-electron chi connectivity index (χ3n) is 2.91. The molecule has 1 fully saturated rings. The van der Waals surface area contributed by atoms with Crippen LogP contribution in [-0.4, -0.2) is 32.1 Å². The van der Waals surface area contributed by atoms with E-state index >= 15 is 0 Å². The van der Waals surface area contributed by atoms with Crippen LogP contribution in [0.5, 0.6) is 0 Å². The van der Waals surface area contributed by atoms with E-state index < -0.39 is 0 Å². The SMILES string of the molecule is CC(C)(C)c1c[nH]c(=S)n1CC1CSCCS1. The van der Waals surface area contributed by atoms with Gasteiger partial charge < -0.3 is 9.55 Å². The molecule has 1 aromatic heterocycles. The molecule has 0 bridgehead atoms. The summed E-state index contributed by atoms with van der Waals surface area (Å²) in [5, 5.41) is 0.706. The highest BCUT2D eigenvalue weighted by Crippen LogP contribution is 2.28. The number of aromatic amines is 1. The summed E-state index contributed by atoms with van der Waals surface area (Å²) in [6, 6.07) is 0. The molecule has 2 heterocycles. The smallest absolute Gasteiger partial charge is 0.177 e. The molecule has 0 amide bonds. The van der Waals surface area contributed by atoms with Crippen molar-refractivity contribution in [3.63, 3.8) is 0 Å². The number of hydrogen-bond acceptors (Lipinski definition) is 3. The van der Waals surface area contributed by atoms with Gasteiger partial charge in [0.15, 0.2) is 4.77 Å². The van der Waals surface area contributed by atoms with Gasteiger partial charge in [-0.3, -0.25) is 0 Å². The van der Waals surface area contributed by atoms with Crippen molar-refractivity contribution in [3.05, 3.63) is 16.7 Å². The van der Waals surface area contributed by atoms with Crippen LogP contribution >= 0.6 is 35.7 Å². The Kier molecular flexibility index (Phi) is 4.31. The minimum atomic E-state index is 0.153. The van der Waals surface area contributed by atoms with Crippen LogP contribution < -0.4 is 0 Å². The summed E-state index contributed by atoms with van der Waals surface area (Å²) in [6.07, 6.45) is 2.07. The molecule has 0 aromatic carbocycles. The first-order valence-corrected chi connectivity index (χ1v) is 8.57. The average Bonchev–Trinajstić information content (AvgIpc) is 2.62. The van der Waals surface area contributed by atoms with E-state index in [9.17, 15) is 0 Å². The predicted molar refractivity (Wildman–Crippen MR) is 81.9 cm³/mol. The number of nitrogens with zero attached hydrogens (tertiary/aromatic N) is 1. The van der Waals surface area contributed by atoms with Gasteiger partial charge in [0.05, 0.1) is 0 Å². The Balaban J connectivity index is 2.19. The number of nitrogens with one attached hydrogen (secondary N) is 1. The minimum absolute atomic E-state index is 0.153. The van der Waals surface area contributed by atoms with Gasteiger partial charge in [-0.05, 0) is 12.2 Å². The van der Waals surface area contributed by atoms with E-state index in [-0.39, 0.29) is 5.41 Å². The van der Waals surface area contributed by atoms with E-state index in [1.54, 1.807) is 0 Å². The first-order chi connectivity index (χ1) is 7.98. The zero-order chi connectivity index (χ0) is 12.5. The number of aromatic nitrogens is 2. The Labute approximate surface area is 117 Å². The highest BCUT2D eigenvalue weighted by molar-refractivity contribution is 8.06. The number of thioether (sulfide) groups is 2. The maximum absolute atomic E-state index is 5.40. The second-order valence-electron chi connectivity index (χ2n) is 5.41. The highest BCUT2D eigenvalue weighted by atomic mass is 32.2. The molecule has 1 saturated heterocycles. The lowest BCUT2D eigenvalue weighted by molar-refractivity contribution is 0.514. The van der Waals surface area contributed by atoms with Crippen LogP contribution in [0.1, 0.15) is 26.5 Å². The quantitative estimate of drug-likeness (QED) is 0.838. The summed E-state index contributed by atoms with van der Waals surface area (Å²) in [5.74, 6) is 3.82. The Morgan fingerprint density at radius 3 is 2.82 bits per heavy atom. The van der Waals surface area contributed by atoms with Crippen molar-refractivity contribution in [2.75, 3.05) is 17.3 Å². The van der Waals surface area contributed by atoms with Crippen molar-refractivity contribution in [2.45, 2.75) is 38.0 Å². The van der Waals surface area contributed by atoms with Gasteiger partial charge in [0.25, 0.3) is 0 Å². The molecule has 96 valence electrons. The fourth-order valence-corrected chi connectivity index (χ4v) is 4.93. The summed E-state index contributed by atoms with van der Waals surface area (Å²) in [4.78, 5) is 3.20. The van der Waals surface area contributed by atoms with Crippen LogP contribution in [0.4, 0.5) is 0 Å². The fourth-order valence-electron chi connectivity index (χ4n) is 2.04. The molecule has 1 N–H and O–H groups in total. The first kappa shape index (κ1) is 13.6. The topological polar surface area (TPSA) is 20.7 Å². The van der Waals surface area contributed by atoms with E-state index in [1.165, 1.54) is 23.0 Å². The molecule has 0 radical (unpaired) electrons. The van der Waals surface area contributed by atoms with Crippen LogP contribution in [0.15, 0.2) is 6.20 Å². The standard InChI is InChI=1S/C12H20N2S3/c1-12(2,3)10-6-13-11(15)14(10)7-9-8-16-4-5-17-9/h6,9H,4-5,7-8H2,1-3H3,(H,13,15). The summed E-state index contributed by atoms with van der Waals surface area (Å²) in [6.45, 7) is 7.77. The lowest BCUT2D eigenvalue weighted by Gasteiger charge is -2.25. The van der Waals surface area contributed by atoms with E-state index in [0.717, 1.165) is 11.3 Å². The third-order valence-corrected chi connectivity index (χ3v) is 6.07. The van der Waals surface area contributed by atoms with Crippen molar-refractivity contribution in [3.8, 4) is 0 Å². The zero-order valence-electron chi connectivity index (χ0n) is 10.7. The van der Waals surface area contributed by atoms with Gasteiger partial charge in [0.1, 0.15) is 0 Å². The molecule has 2 nitrogen and oxygen atoms in total.